The molecule has 80 valence electrons. The lowest BCUT2D eigenvalue weighted by Crippen LogP contribution is -2.55. The molecular formula is C8H18O5. The monoisotopic (exact) mass is 194 g/mol. The number of aliphatic hydroxyl groups is 5. The minimum atomic E-state index is -1.80. The first-order chi connectivity index (χ1) is 5.77. The van der Waals surface area contributed by atoms with Gasteiger partial charge in [0, 0.05) is 6.42 Å². The summed E-state index contributed by atoms with van der Waals surface area (Å²) in [6.45, 7) is 1.46. The van der Waals surface area contributed by atoms with Crippen molar-refractivity contribution in [2.45, 2.75) is 37.6 Å². The maximum atomic E-state index is 9.69. The summed E-state index contributed by atoms with van der Waals surface area (Å²) in [4.78, 5) is 0. The summed E-state index contributed by atoms with van der Waals surface area (Å²) >= 11 is 0. The van der Waals surface area contributed by atoms with Gasteiger partial charge in [-0.3, -0.25) is 0 Å². The Kier molecular flexibility index (Phi) is 4.28. The third kappa shape index (κ3) is 3.21. The Hall–Kier alpha value is -0.200. The van der Waals surface area contributed by atoms with Crippen LogP contribution >= 0.6 is 0 Å². The Bertz CT molecular complexity index is 153. The SMILES string of the molecule is CC(C)(O)C(O)(CO)CC(O)CO. The summed E-state index contributed by atoms with van der Waals surface area (Å²) in [5.74, 6) is 0. The van der Waals surface area contributed by atoms with E-state index in [0.29, 0.717) is 0 Å². The highest BCUT2D eigenvalue weighted by Gasteiger charge is 2.42. The van der Waals surface area contributed by atoms with Gasteiger partial charge in [-0.15, -0.1) is 0 Å². The first-order valence-electron chi connectivity index (χ1n) is 4.11. The molecular weight excluding hydrogens is 176 g/mol. The second kappa shape index (κ2) is 4.34. The second-order valence-corrected chi connectivity index (χ2v) is 3.79. The molecule has 0 aromatic rings. The maximum absolute atomic E-state index is 9.69. The highest BCUT2D eigenvalue weighted by atomic mass is 16.4. The van der Waals surface area contributed by atoms with E-state index in [4.69, 9.17) is 15.3 Å². The van der Waals surface area contributed by atoms with Crippen molar-refractivity contribution < 1.29 is 25.5 Å². The molecule has 2 unspecified atom stereocenters. The fourth-order valence-electron chi connectivity index (χ4n) is 0.962. The van der Waals surface area contributed by atoms with Crippen molar-refractivity contribution in [3.63, 3.8) is 0 Å². The van der Waals surface area contributed by atoms with Crippen LogP contribution in [0.25, 0.3) is 0 Å². The van der Waals surface area contributed by atoms with Gasteiger partial charge in [0.1, 0.15) is 5.60 Å². The lowest BCUT2D eigenvalue weighted by Gasteiger charge is -2.38. The molecule has 0 radical (unpaired) electrons. The molecule has 13 heavy (non-hydrogen) atoms. The number of hydrogen-bond acceptors (Lipinski definition) is 5. The van der Waals surface area contributed by atoms with Gasteiger partial charge in [0.15, 0.2) is 0 Å². The van der Waals surface area contributed by atoms with Crippen molar-refractivity contribution >= 4 is 0 Å². The van der Waals surface area contributed by atoms with Gasteiger partial charge >= 0.3 is 0 Å². The van der Waals surface area contributed by atoms with Crippen molar-refractivity contribution in [1.29, 1.82) is 0 Å². The molecule has 0 aliphatic carbocycles. The third-order valence-corrected chi connectivity index (χ3v) is 2.18. The molecule has 0 saturated carbocycles. The van der Waals surface area contributed by atoms with Gasteiger partial charge in [0.2, 0.25) is 0 Å². The Morgan fingerprint density at radius 1 is 1.15 bits per heavy atom. The van der Waals surface area contributed by atoms with Gasteiger partial charge in [0.05, 0.1) is 24.9 Å². The molecule has 0 amide bonds. The van der Waals surface area contributed by atoms with Crippen LogP contribution in [0.1, 0.15) is 20.3 Å². The van der Waals surface area contributed by atoms with Gasteiger partial charge in [-0.2, -0.15) is 0 Å². The highest BCUT2D eigenvalue weighted by molar-refractivity contribution is 4.94. The van der Waals surface area contributed by atoms with Crippen LogP contribution in [0.4, 0.5) is 0 Å². The molecule has 0 aliphatic rings. The molecule has 0 aliphatic heterocycles. The summed E-state index contributed by atoms with van der Waals surface area (Å²) in [5.41, 5.74) is -3.33. The summed E-state index contributed by atoms with van der Waals surface area (Å²) in [5, 5.41) is 45.6. The Labute approximate surface area is 77.3 Å². The van der Waals surface area contributed by atoms with Crippen molar-refractivity contribution in [2.24, 2.45) is 0 Å². The van der Waals surface area contributed by atoms with Crippen LogP contribution in [0.2, 0.25) is 0 Å². The average Bonchev–Trinajstić information content (AvgIpc) is 2.02. The molecule has 2 atom stereocenters. The largest absolute Gasteiger partial charge is 0.394 e. The van der Waals surface area contributed by atoms with E-state index in [1.807, 2.05) is 0 Å². The summed E-state index contributed by atoms with van der Waals surface area (Å²) in [6.07, 6.45) is -1.42. The molecule has 0 bridgehead atoms. The van der Waals surface area contributed by atoms with E-state index in [0.717, 1.165) is 0 Å². The predicted molar refractivity (Wildman–Crippen MR) is 46.0 cm³/mol. The van der Waals surface area contributed by atoms with Crippen LogP contribution in [-0.4, -0.2) is 56.1 Å². The van der Waals surface area contributed by atoms with Crippen LogP contribution in [0.3, 0.4) is 0 Å². The number of rotatable bonds is 5. The van der Waals surface area contributed by atoms with E-state index in [1.54, 1.807) is 0 Å². The predicted octanol–water partition coefficient (Wildman–Crippen LogP) is -1.78. The van der Waals surface area contributed by atoms with Crippen LogP contribution in [0, 0.1) is 0 Å². The van der Waals surface area contributed by atoms with Gasteiger partial charge in [-0.05, 0) is 13.8 Å². The summed E-state index contributed by atoms with van der Waals surface area (Å²) < 4.78 is 0. The molecule has 0 spiro atoms. The zero-order valence-corrected chi connectivity index (χ0v) is 7.93. The van der Waals surface area contributed by atoms with Crippen LogP contribution in [-0.2, 0) is 0 Å². The standard InChI is InChI=1S/C8H18O5/c1-7(2,12)8(13,5-10)3-6(11)4-9/h6,9-13H,3-5H2,1-2H3. The highest BCUT2D eigenvalue weighted by Crippen LogP contribution is 2.26. The molecule has 0 aromatic carbocycles. The molecule has 0 saturated heterocycles. The fraction of sp³-hybridized carbons (Fsp3) is 1.00. The molecule has 0 rings (SSSR count). The number of aliphatic hydroxyl groups excluding tert-OH is 3. The molecule has 0 heterocycles. The minimum Gasteiger partial charge on any atom is -0.394 e. The van der Waals surface area contributed by atoms with Crippen molar-refractivity contribution in [2.75, 3.05) is 13.2 Å². The summed E-state index contributed by atoms with van der Waals surface area (Å²) in [7, 11) is 0. The van der Waals surface area contributed by atoms with E-state index in [2.05, 4.69) is 0 Å². The Balaban J connectivity index is 4.46. The fourth-order valence-corrected chi connectivity index (χ4v) is 0.962. The van der Waals surface area contributed by atoms with Crippen molar-refractivity contribution in [3.05, 3.63) is 0 Å². The van der Waals surface area contributed by atoms with Gasteiger partial charge < -0.3 is 25.5 Å². The van der Waals surface area contributed by atoms with Crippen molar-refractivity contribution in [1.82, 2.24) is 0 Å². The summed E-state index contributed by atoms with van der Waals surface area (Å²) in [6, 6.07) is 0. The normalized spacial score (nSPS) is 19.6. The van der Waals surface area contributed by atoms with Crippen molar-refractivity contribution in [3.8, 4) is 0 Å². The van der Waals surface area contributed by atoms with E-state index in [9.17, 15) is 10.2 Å². The lowest BCUT2D eigenvalue weighted by atomic mass is 9.82. The minimum absolute atomic E-state index is 0.274. The second-order valence-electron chi connectivity index (χ2n) is 3.79. The first-order valence-corrected chi connectivity index (χ1v) is 4.11. The number of hydrogen-bond donors (Lipinski definition) is 5. The first kappa shape index (κ1) is 12.8. The smallest absolute Gasteiger partial charge is 0.118 e. The topological polar surface area (TPSA) is 101 Å². The molecule has 5 heteroatoms. The molecule has 0 aromatic heterocycles. The van der Waals surface area contributed by atoms with E-state index < -0.39 is 30.5 Å². The van der Waals surface area contributed by atoms with Gasteiger partial charge in [-0.25, -0.2) is 0 Å². The Morgan fingerprint density at radius 3 is 1.85 bits per heavy atom. The zero-order valence-electron chi connectivity index (χ0n) is 7.93. The van der Waals surface area contributed by atoms with Crippen LogP contribution < -0.4 is 0 Å². The van der Waals surface area contributed by atoms with E-state index >= 15 is 0 Å². The van der Waals surface area contributed by atoms with Gasteiger partial charge in [-0.1, -0.05) is 0 Å². The zero-order chi connectivity index (χ0) is 10.7. The Morgan fingerprint density at radius 2 is 1.62 bits per heavy atom. The molecule has 5 nitrogen and oxygen atoms in total. The quantitative estimate of drug-likeness (QED) is 0.356. The molecule has 0 fully saturated rings. The maximum Gasteiger partial charge on any atom is 0.118 e. The van der Waals surface area contributed by atoms with Gasteiger partial charge in [0.25, 0.3) is 0 Å². The average molecular weight is 194 g/mol. The lowest BCUT2D eigenvalue weighted by molar-refractivity contribution is -0.172. The van der Waals surface area contributed by atoms with Crippen LogP contribution in [0.15, 0.2) is 0 Å². The van der Waals surface area contributed by atoms with E-state index in [1.165, 1.54) is 13.8 Å². The van der Waals surface area contributed by atoms with Crippen LogP contribution in [0.5, 0.6) is 0 Å². The molecule has 5 N–H and O–H groups in total. The van der Waals surface area contributed by atoms with E-state index in [-0.39, 0.29) is 6.42 Å². The third-order valence-electron chi connectivity index (χ3n) is 2.18.